The van der Waals surface area contributed by atoms with Crippen LogP contribution in [0.4, 0.5) is 5.69 Å². The normalized spacial score (nSPS) is 11.3. The van der Waals surface area contributed by atoms with E-state index in [0.717, 1.165) is 5.56 Å². The van der Waals surface area contributed by atoms with Crippen molar-refractivity contribution in [1.29, 1.82) is 0 Å². The molecule has 1 aromatic rings. The van der Waals surface area contributed by atoms with Crippen LogP contribution >= 0.6 is 0 Å². The number of hydrogen-bond donors (Lipinski definition) is 2. The molecule has 1 rings (SSSR count). The summed E-state index contributed by atoms with van der Waals surface area (Å²) < 4.78 is 29.0. The van der Waals surface area contributed by atoms with Crippen LogP contribution in [0.1, 0.15) is 12.0 Å². The van der Waals surface area contributed by atoms with E-state index in [-0.39, 0.29) is 10.6 Å². The first-order chi connectivity index (χ1) is 9.36. The lowest BCUT2D eigenvalue weighted by atomic mass is 10.2. The Morgan fingerprint density at radius 3 is 2.70 bits per heavy atom. The molecule has 0 aliphatic carbocycles. The van der Waals surface area contributed by atoms with Gasteiger partial charge >= 0.3 is 0 Å². The first kappa shape index (κ1) is 16.5. The number of benzene rings is 1. The minimum atomic E-state index is -3.72. The Morgan fingerprint density at radius 2 is 2.10 bits per heavy atom. The summed E-state index contributed by atoms with van der Waals surface area (Å²) in [5.41, 5.74) is 6.73. The standard InChI is InChI=1S/C13H20N2O4S/c1-10-4-5-12(11(14)8-10)20(17,18)9-13(16)15-6-3-7-19-2/h4-5,8H,3,6-7,9,14H2,1-2H3,(H,15,16). The highest BCUT2D eigenvalue weighted by atomic mass is 32.2. The van der Waals surface area contributed by atoms with Crippen molar-refractivity contribution in [2.45, 2.75) is 18.2 Å². The first-order valence-corrected chi connectivity index (χ1v) is 7.86. The molecule has 0 bridgehead atoms. The fourth-order valence-corrected chi connectivity index (χ4v) is 2.99. The van der Waals surface area contributed by atoms with E-state index in [0.29, 0.717) is 19.6 Å². The van der Waals surface area contributed by atoms with Gasteiger partial charge in [0, 0.05) is 20.3 Å². The van der Waals surface area contributed by atoms with E-state index in [1.54, 1.807) is 19.2 Å². The number of ether oxygens (including phenoxy) is 1. The topological polar surface area (TPSA) is 98.5 Å². The highest BCUT2D eigenvalue weighted by Crippen LogP contribution is 2.20. The van der Waals surface area contributed by atoms with E-state index in [4.69, 9.17) is 10.5 Å². The summed E-state index contributed by atoms with van der Waals surface area (Å²) in [7, 11) is -2.16. The molecule has 0 unspecified atom stereocenters. The van der Waals surface area contributed by atoms with E-state index in [1.165, 1.54) is 6.07 Å². The zero-order valence-electron chi connectivity index (χ0n) is 11.7. The average molecular weight is 300 g/mol. The Balaban J connectivity index is 2.67. The van der Waals surface area contributed by atoms with Gasteiger partial charge in [0.05, 0.1) is 10.6 Å². The maximum atomic E-state index is 12.1. The number of amides is 1. The lowest BCUT2D eigenvalue weighted by Crippen LogP contribution is -2.31. The Labute approximate surface area is 119 Å². The highest BCUT2D eigenvalue weighted by molar-refractivity contribution is 7.92. The number of carbonyl (C=O) groups is 1. The van der Waals surface area contributed by atoms with Gasteiger partial charge in [-0.15, -0.1) is 0 Å². The molecule has 20 heavy (non-hydrogen) atoms. The van der Waals surface area contributed by atoms with Crippen molar-refractivity contribution >= 4 is 21.4 Å². The molecule has 6 nitrogen and oxygen atoms in total. The molecule has 1 aromatic carbocycles. The molecule has 7 heteroatoms. The number of aryl methyl sites for hydroxylation is 1. The zero-order valence-corrected chi connectivity index (χ0v) is 12.5. The van der Waals surface area contributed by atoms with Crippen LogP contribution in [0.15, 0.2) is 23.1 Å². The third-order valence-electron chi connectivity index (χ3n) is 2.67. The van der Waals surface area contributed by atoms with Gasteiger partial charge in [-0.25, -0.2) is 8.42 Å². The summed E-state index contributed by atoms with van der Waals surface area (Å²) >= 11 is 0. The summed E-state index contributed by atoms with van der Waals surface area (Å²) in [4.78, 5) is 11.6. The summed E-state index contributed by atoms with van der Waals surface area (Å²) in [6, 6.07) is 4.65. The summed E-state index contributed by atoms with van der Waals surface area (Å²) in [5.74, 6) is -1.14. The number of nitrogen functional groups attached to an aromatic ring is 1. The fourth-order valence-electron chi connectivity index (χ4n) is 1.70. The van der Waals surface area contributed by atoms with Crippen LogP contribution in [0.3, 0.4) is 0 Å². The van der Waals surface area contributed by atoms with E-state index >= 15 is 0 Å². The number of nitrogens with two attached hydrogens (primary N) is 1. The van der Waals surface area contributed by atoms with Gasteiger partial charge in [-0.1, -0.05) is 6.07 Å². The molecule has 0 atom stereocenters. The van der Waals surface area contributed by atoms with Crippen LogP contribution in [0.2, 0.25) is 0 Å². The second-order valence-corrected chi connectivity index (χ2v) is 6.45. The Kier molecular flexibility index (Phi) is 5.97. The molecule has 0 aromatic heterocycles. The van der Waals surface area contributed by atoms with Gasteiger partial charge in [-0.05, 0) is 31.0 Å². The summed E-state index contributed by atoms with van der Waals surface area (Å²) in [6.45, 7) is 2.71. The molecule has 0 saturated carbocycles. The van der Waals surface area contributed by atoms with Crippen molar-refractivity contribution in [3.63, 3.8) is 0 Å². The molecular formula is C13H20N2O4S. The Morgan fingerprint density at radius 1 is 1.40 bits per heavy atom. The second-order valence-electron chi connectivity index (χ2n) is 4.50. The number of methoxy groups -OCH3 is 1. The largest absolute Gasteiger partial charge is 0.398 e. The van der Waals surface area contributed by atoms with Gasteiger partial charge in [0.2, 0.25) is 5.91 Å². The first-order valence-electron chi connectivity index (χ1n) is 6.21. The molecular weight excluding hydrogens is 280 g/mol. The molecule has 0 fully saturated rings. The Bertz CT molecular complexity index is 570. The van der Waals surface area contributed by atoms with Crippen molar-refractivity contribution in [1.82, 2.24) is 5.32 Å². The van der Waals surface area contributed by atoms with Gasteiger partial charge in [0.15, 0.2) is 9.84 Å². The number of nitrogens with one attached hydrogen (secondary N) is 1. The molecule has 0 aliphatic rings. The monoisotopic (exact) mass is 300 g/mol. The molecule has 112 valence electrons. The predicted octanol–water partition coefficient (Wildman–Crippen LogP) is 0.504. The third kappa shape index (κ3) is 4.82. The maximum absolute atomic E-state index is 12.1. The van der Waals surface area contributed by atoms with Crippen LogP contribution in [0, 0.1) is 6.92 Å². The summed E-state index contributed by atoms with van der Waals surface area (Å²) in [6.07, 6.45) is 0.634. The van der Waals surface area contributed by atoms with Crippen molar-refractivity contribution in [2.75, 3.05) is 31.7 Å². The third-order valence-corrected chi connectivity index (χ3v) is 4.35. The van der Waals surface area contributed by atoms with Gasteiger partial charge < -0.3 is 15.8 Å². The number of hydrogen-bond acceptors (Lipinski definition) is 5. The SMILES string of the molecule is COCCCNC(=O)CS(=O)(=O)c1ccc(C)cc1N. The van der Waals surface area contributed by atoms with Crippen LogP contribution < -0.4 is 11.1 Å². The minimum Gasteiger partial charge on any atom is -0.398 e. The molecule has 0 heterocycles. The van der Waals surface area contributed by atoms with E-state index in [1.807, 2.05) is 6.92 Å². The molecule has 0 aliphatic heterocycles. The fraction of sp³-hybridized carbons (Fsp3) is 0.462. The predicted molar refractivity (Wildman–Crippen MR) is 77.1 cm³/mol. The van der Waals surface area contributed by atoms with Crippen molar-refractivity contribution in [3.05, 3.63) is 23.8 Å². The van der Waals surface area contributed by atoms with Crippen molar-refractivity contribution in [3.8, 4) is 0 Å². The Hall–Kier alpha value is -1.60. The van der Waals surface area contributed by atoms with Crippen LogP contribution in [0.5, 0.6) is 0 Å². The zero-order chi connectivity index (χ0) is 15.2. The maximum Gasteiger partial charge on any atom is 0.235 e. The van der Waals surface area contributed by atoms with Crippen molar-refractivity contribution in [2.24, 2.45) is 0 Å². The van der Waals surface area contributed by atoms with Crippen molar-refractivity contribution < 1.29 is 17.9 Å². The number of sulfone groups is 1. The van der Waals surface area contributed by atoms with Crippen LogP contribution in [0.25, 0.3) is 0 Å². The quantitative estimate of drug-likeness (QED) is 0.564. The van der Waals surface area contributed by atoms with Crippen LogP contribution in [-0.2, 0) is 19.4 Å². The van der Waals surface area contributed by atoms with E-state index in [9.17, 15) is 13.2 Å². The highest BCUT2D eigenvalue weighted by Gasteiger charge is 2.21. The van der Waals surface area contributed by atoms with Gasteiger partial charge in [-0.2, -0.15) is 0 Å². The molecule has 0 spiro atoms. The number of rotatable bonds is 7. The summed E-state index contributed by atoms with van der Waals surface area (Å²) in [5, 5.41) is 2.54. The van der Waals surface area contributed by atoms with Gasteiger partial charge in [0.25, 0.3) is 0 Å². The van der Waals surface area contributed by atoms with Gasteiger partial charge in [0.1, 0.15) is 5.75 Å². The second kappa shape index (κ2) is 7.25. The molecule has 0 saturated heterocycles. The smallest absolute Gasteiger partial charge is 0.235 e. The van der Waals surface area contributed by atoms with E-state index in [2.05, 4.69) is 5.32 Å². The molecule has 0 radical (unpaired) electrons. The van der Waals surface area contributed by atoms with Crippen LogP contribution in [-0.4, -0.2) is 40.3 Å². The number of carbonyl (C=O) groups excluding carboxylic acids is 1. The molecule has 1 amide bonds. The van der Waals surface area contributed by atoms with Gasteiger partial charge in [-0.3, -0.25) is 4.79 Å². The lowest BCUT2D eigenvalue weighted by molar-refractivity contribution is -0.118. The van der Waals surface area contributed by atoms with E-state index < -0.39 is 21.5 Å². The molecule has 3 N–H and O–H groups in total. The average Bonchev–Trinajstić information content (AvgIpc) is 2.33. The minimum absolute atomic E-state index is 0.00450. The number of anilines is 1. The lowest BCUT2D eigenvalue weighted by Gasteiger charge is -2.09.